The third-order valence-electron chi connectivity index (χ3n) is 2.44. The van der Waals surface area contributed by atoms with Crippen LogP contribution in [0.4, 0.5) is 4.39 Å². The van der Waals surface area contributed by atoms with Gasteiger partial charge in [0.05, 0.1) is 0 Å². The second-order valence-electron chi connectivity index (χ2n) is 5.15. The standard InChI is InChI=1S/C8H9FNO2S.3CH3.Sn/c1-13(11,12)10-6-7-4-2-3-5-8(7)9;;;;/h3-5,10H,6H2,1H3;3*1H3;. The molecule has 0 saturated carbocycles. The van der Waals surface area contributed by atoms with Gasteiger partial charge in [-0.15, -0.1) is 0 Å². The van der Waals surface area contributed by atoms with Gasteiger partial charge < -0.3 is 0 Å². The van der Waals surface area contributed by atoms with Gasteiger partial charge in [0.1, 0.15) is 0 Å². The van der Waals surface area contributed by atoms with Crippen LogP contribution in [0.15, 0.2) is 18.2 Å². The summed E-state index contributed by atoms with van der Waals surface area (Å²) in [7, 11) is -3.29. The predicted molar refractivity (Wildman–Crippen MR) is 71.1 cm³/mol. The Labute approximate surface area is 106 Å². The first-order valence-electron chi connectivity index (χ1n) is 5.33. The molecule has 96 valence electrons. The van der Waals surface area contributed by atoms with Crippen molar-refractivity contribution in [2.75, 3.05) is 6.26 Å². The molecule has 0 aromatic heterocycles. The summed E-state index contributed by atoms with van der Waals surface area (Å²) in [4.78, 5) is 6.70. The summed E-state index contributed by atoms with van der Waals surface area (Å²) in [6.07, 6.45) is 1.07. The van der Waals surface area contributed by atoms with Gasteiger partial charge in [-0.1, -0.05) is 0 Å². The van der Waals surface area contributed by atoms with Crippen LogP contribution in [0.1, 0.15) is 5.56 Å². The molecule has 0 aliphatic carbocycles. The van der Waals surface area contributed by atoms with Crippen molar-refractivity contribution in [1.29, 1.82) is 0 Å². The molecule has 1 N–H and O–H groups in total. The minimum atomic E-state index is -3.29. The number of halogens is 1. The molecule has 0 amide bonds. The zero-order valence-corrected chi connectivity index (χ0v) is 14.2. The first-order valence-corrected chi connectivity index (χ1v) is 17.2. The van der Waals surface area contributed by atoms with E-state index >= 15 is 0 Å². The number of sulfonamides is 1. The minimum absolute atomic E-state index is 0.0143. The molecule has 0 radical (unpaired) electrons. The van der Waals surface area contributed by atoms with Crippen molar-refractivity contribution in [2.24, 2.45) is 0 Å². The van der Waals surface area contributed by atoms with Crippen LogP contribution in [-0.4, -0.2) is 33.1 Å². The maximum atomic E-state index is 13.5. The number of nitrogens with one attached hydrogen (secondary N) is 1. The van der Waals surface area contributed by atoms with Gasteiger partial charge in [0.15, 0.2) is 0 Å². The molecule has 0 spiro atoms. The van der Waals surface area contributed by atoms with Crippen molar-refractivity contribution >= 4 is 32.0 Å². The second-order valence-corrected chi connectivity index (χ2v) is 21.5. The quantitative estimate of drug-likeness (QED) is 0.820. The molecule has 17 heavy (non-hydrogen) atoms. The number of hydrogen-bond donors (Lipinski definition) is 1. The topological polar surface area (TPSA) is 46.2 Å². The summed E-state index contributed by atoms with van der Waals surface area (Å²) in [6, 6.07) is 5.04. The van der Waals surface area contributed by atoms with Crippen molar-refractivity contribution in [2.45, 2.75) is 21.4 Å². The Balaban J connectivity index is 3.00. The van der Waals surface area contributed by atoms with Crippen LogP contribution in [0.5, 0.6) is 0 Å². The Kier molecular flexibility index (Phi) is 4.59. The van der Waals surface area contributed by atoms with E-state index in [0.717, 1.165) is 6.26 Å². The monoisotopic (exact) mass is 367 g/mol. The fourth-order valence-electron chi connectivity index (χ4n) is 1.39. The maximum absolute atomic E-state index is 13.5. The summed E-state index contributed by atoms with van der Waals surface area (Å²) in [5, 5.41) is 0. The normalized spacial score (nSPS) is 12.8. The number of benzene rings is 1. The van der Waals surface area contributed by atoms with Crippen molar-refractivity contribution in [3.05, 3.63) is 29.6 Å². The van der Waals surface area contributed by atoms with Crippen molar-refractivity contribution in [3.8, 4) is 0 Å². The SMILES string of the molecule is CS(=O)(=O)NCc1c[c]([Sn]([CH3])([CH3])[CH3])ccc1F. The van der Waals surface area contributed by atoms with Gasteiger partial charge in [0.2, 0.25) is 0 Å². The molecule has 0 aliphatic heterocycles. The van der Waals surface area contributed by atoms with Gasteiger partial charge in [-0.05, 0) is 0 Å². The van der Waals surface area contributed by atoms with Gasteiger partial charge in [0.25, 0.3) is 0 Å². The van der Waals surface area contributed by atoms with E-state index in [9.17, 15) is 12.8 Å². The molecule has 3 nitrogen and oxygen atoms in total. The van der Waals surface area contributed by atoms with Crippen LogP contribution in [0.2, 0.25) is 14.8 Å². The number of rotatable bonds is 4. The van der Waals surface area contributed by atoms with Crippen molar-refractivity contribution in [3.63, 3.8) is 0 Å². The Morgan fingerprint density at radius 1 is 1.29 bits per heavy atom. The molecule has 0 fully saturated rings. The van der Waals surface area contributed by atoms with Gasteiger partial charge >= 0.3 is 107 Å². The Hall–Kier alpha value is -0.141. The van der Waals surface area contributed by atoms with Crippen LogP contribution < -0.4 is 8.30 Å². The molecule has 0 atom stereocenters. The summed E-state index contributed by atoms with van der Waals surface area (Å²) < 4.78 is 39.0. The zero-order valence-electron chi connectivity index (χ0n) is 10.5. The fraction of sp³-hybridized carbons (Fsp3) is 0.455. The van der Waals surface area contributed by atoms with E-state index in [2.05, 4.69) is 19.5 Å². The molecule has 0 aliphatic rings. The van der Waals surface area contributed by atoms with Crippen LogP contribution in [-0.2, 0) is 16.6 Å². The average Bonchev–Trinajstić information content (AvgIpc) is 2.13. The van der Waals surface area contributed by atoms with E-state index in [0.29, 0.717) is 5.56 Å². The molecular weight excluding hydrogens is 348 g/mol. The molecule has 1 aromatic carbocycles. The van der Waals surface area contributed by atoms with Gasteiger partial charge in [0, 0.05) is 0 Å². The summed E-state index contributed by atoms with van der Waals surface area (Å²) in [5.74, 6) is -0.361. The third-order valence-corrected chi connectivity index (χ3v) is 8.94. The molecule has 0 unspecified atom stereocenters. The Morgan fingerprint density at radius 3 is 2.35 bits per heavy atom. The van der Waals surface area contributed by atoms with Crippen molar-refractivity contribution < 1.29 is 12.8 Å². The van der Waals surface area contributed by atoms with Gasteiger partial charge in [-0.25, -0.2) is 0 Å². The van der Waals surface area contributed by atoms with E-state index in [4.69, 9.17) is 0 Å². The molecule has 1 rings (SSSR count). The Bertz CT molecular complexity index is 509. The second kappa shape index (κ2) is 5.24. The van der Waals surface area contributed by atoms with Crippen LogP contribution in [0.25, 0.3) is 0 Å². The summed E-state index contributed by atoms with van der Waals surface area (Å²) in [5.41, 5.74) is 0.416. The molecular formula is C11H18FNO2SSn. The van der Waals surface area contributed by atoms with Crippen LogP contribution in [0.3, 0.4) is 0 Å². The first kappa shape index (κ1) is 14.9. The zero-order chi connectivity index (χ0) is 13.3. The molecule has 1 aromatic rings. The molecule has 0 heterocycles. The van der Waals surface area contributed by atoms with E-state index in [-0.39, 0.29) is 12.4 Å². The average molecular weight is 366 g/mol. The van der Waals surface area contributed by atoms with Gasteiger partial charge in [-0.2, -0.15) is 0 Å². The van der Waals surface area contributed by atoms with E-state index < -0.39 is 28.4 Å². The van der Waals surface area contributed by atoms with Crippen LogP contribution in [0, 0.1) is 5.82 Å². The fourth-order valence-corrected chi connectivity index (χ4v) is 5.20. The molecule has 0 bridgehead atoms. The van der Waals surface area contributed by atoms with Crippen molar-refractivity contribution in [1.82, 2.24) is 4.72 Å². The summed E-state index contributed by atoms with van der Waals surface area (Å²) in [6.45, 7) is 0.0143. The van der Waals surface area contributed by atoms with E-state index in [1.807, 2.05) is 6.07 Å². The first-order chi connectivity index (χ1) is 7.59. The number of hydrogen-bond acceptors (Lipinski definition) is 2. The van der Waals surface area contributed by atoms with E-state index in [1.54, 1.807) is 6.07 Å². The van der Waals surface area contributed by atoms with Crippen LogP contribution >= 0.6 is 0 Å². The molecule has 6 heteroatoms. The predicted octanol–water partition coefficient (Wildman–Crippen LogP) is 1.42. The Morgan fingerprint density at radius 2 is 1.88 bits per heavy atom. The molecule has 0 saturated heterocycles. The summed E-state index contributed by atoms with van der Waals surface area (Å²) >= 11 is -2.23. The van der Waals surface area contributed by atoms with Gasteiger partial charge in [-0.3, -0.25) is 0 Å². The third kappa shape index (κ3) is 4.93. The van der Waals surface area contributed by atoms with E-state index in [1.165, 1.54) is 9.65 Å².